The number of amides is 2. The highest BCUT2D eigenvalue weighted by Crippen LogP contribution is 2.33. The van der Waals surface area contributed by atoms with Crippen LogP contribution in [0.15, 0.2) is 40.9 Å². The van der Waals surface area contributed by atoms with Crippen molar-refractivity contribution in [3.8, 4) is 11.1 Å². The maximum atomic E-state index is 12.1. The third-order valence-corrected chi connectivity index (χ3v) is 4.07. The minimum atomic E-state index is -1.25. The standard InChI is InChI=1S/C21H21N3O6/c1-21(2,3)30-20(28)24-18-16(19(26)27)13-7-5-11(9-15(13)29-18)12-6-8-14(23-10-12)17(25)22-4/h5-10H,1-4H3,(H,22,25)(H,24,28)(H,26,27). The maximum absolute atomic E-state index is 12.1. The Morgan fingerprint density at radius 3 is 2.37 bits per heavy atom. The minimum absolute atomic E-state index is 0.171. The SMILES string of the molecule is CNC(=O)c1ccc(-c2ccc3c(C(=O)O)c(NC(=O)OC(C)(C)C)oc3c2)cn1. The van der Waals surface area contributed by atoms with Gasteiger partial charge in [0, 0.05) is 24.2 Å². The van der Waals surface area contributed by atoms with Gasteiger partial charge < -0.3 is 19.6 Å². The van der Waals surface area contributed by atoms with Gasteiger partial charge in [-0.05, 0) is 44.5 Å². The van der Waals surface area contributed by atoms with E-state index in [2.05, 4.69) is 15.6 Å². The first-order valence-corrected chi connectivity index (χ1v) is 9.07. The van der Waals surface area contributed by atoms with Crippen LogP contribution in [0, 0.1) is 0 Å². The number of rotatable bonds is 4. The van der Waals surface area contributed by atoms with Gasteiger partial charge in [0.05, 0.1) is 0 Å². The maximum Gasteiger partial charge on any atom is 0.414 e. The number of aromatic nitrogens is 1. The van der Waals surface area contributed by atoms with Crippen LogP contribution in [-0.2, 0) is 4.74 Å². The second-order valence-corrected chi connectivity index (χ2v) is 7.46. The molecule has 9 heteroatoms. The van der Waals surface area contributed by atoms with Crippen LogP contribution in [0.5, 0.6) is 0 Å². The second kappa shape index (κ2) is 7.86. The van der Waals surface area contributed by atoms with Gasteiger partial charge in [0.1, 0.15) is 22.4 Å². The normalized spacial score (nSPS) is 11.2. The molecule has 1 aromatic carbocycles. The molecule has 156 valence electrons. The molecule has 0 unspecified atom stereocenters. The number of carbonyl (C=O) groups excluding carboxylic acids is 2. The van der Waals surface area contributed by atoms with Crippen LogP contribution in [-0.4, -0.2) is 40.7 Å². The van der Waals surface area contributed by atoms with E-state index in [4.69, 9.17) is 9.15 Å². The van der Waals surface area contributed by atoms with E-state index in [9.17, 15) is 19.5 Å². The first-order chi connectivity index (χ1) is 14.1. The molecule has 0 aliphatic rings. The highest BCUT2D eigenvalue weighted by atomic mass is 16.6. The number of nitrogens with one attached hydrogen (secondary N) is 2. The van der Waals surface area contributed by atoms with Crippen molar-refractivity contribution in [2.75, 3.05) is 12.4 Å². The Labute approximate surface area is 172 Å². The van der Waals surface area contributed by atoms with Crippen LogP contribution in [0.1, 0.15) is 41.6 Å². The van der Waals surface area contributed by atoms with Gasteiger partial charge in [0.2, 0.25) is 5.88 Å². The third-order valence-electron chi connectivity index (χ3n) is 4.07. The Hall–Kier alpha value is -3.88. The van der Waals surface area contributed by atoms with Gasteiger partial charge in [-0.15, -0.1) is 0 Å². The summed E-state index contributed by atoms with van der Waals surface area (Å²) < 4.78 is 10.8. The first kappa shape index (κ1) is 20.8. The Balaban J connectivity index is 1.97. The molecule has 0 spiro atoms. The summed E-state index contributed by atoms with van der Waals surface area (Å²) in [5, 5.41) is 14.8. The summed E-state index contributed by atoms with van der Waals surface area (Å²) in [4.78, 5) is 39.5. The van der Waals surface area contributed by atoms with Gasteiger partial charge in [-0.25, -0.2) is 9.59 Å². The Morgan fingerprint density at radius 2 is 1.80 bits per heavy atom. The highest BCUT2D eigenvalue weighted by Gasteiger charge is 2.24. The second-order valence-electron chi connectivity index (χ2n) is 7.46. The van der Waals surface area contributed by atoms with Crippen LogP contribution in [0.4, 0.5) is 10.7 Å². The van der Waals surface area contributed by atoms with Crippen LogP contribution < -0.4 is 10.6 Å². The van der Waals surface area contributed by atoms with E-state index in [1.54, 1.807) is 51.1 Å². The summed E-state index contributed by atoms with van der Waals surface area (Å²) in [6.45, 7) is 5.08. The van der Waals surface area contributed by atoms with Gasteiger partial charge in [0.25, 0.3) is 5.91 Å². The molecule has 3 N–H and O–H groups in total. The van der Waals surface area contributed by atoms with E-state index in [0.29, 0.717) is 16.5 Å². The Morgan fingerprint density at radius 1 is 1.10 bits per heavy atom. The zero-order valence-corrected chi connectivity index (χ0v) is 16.9. The van der Waals surface area contributed by atoms with Gasteiger partial charge in [-0.2, -0.15) is 0 Å². The van der Waals surface area contributed by atoms with E-state index in [1.807, 2.05) is 0 Å². The van der Waals surface area contributed by atoms with Crippen molar-refractivity contribution >= 4 is 34.8 Å². The summed E-state index contributed by atoms with van der Waals surface area (Å²) in [6.07, 6.45) is 0.713. The number of carboxylic acid groups (broad SMARTS) is 1. The molecule has 2 heterocycles. The largest absolute Gasteiger partial charge is 0.477 e. The van der Waals surface area contributed by atoms with E-state index in [-0.39, 0.29) is 28.6 Å². The number of anilines is 1. The Kier molecular flexibility index (Phi) is 5.46. The molecule has 0 bridgehead atoms. The molecule has 2 amide bonds. The fraction of sp³-hybridized carbons (Fsp3) is 0.238. The van der Waals surface area contributed by atoms with E-state index >= 15 is 0 Å². The zero-order valence-electron chi connectivity index (χ0n) is 16.9. The van der Waals surface area contributed by atoms with Crippen LogP contribution >= 0.6 is 0 Å². The number of hydrogen-bond donors (Lipinski definition) is 3. The molecule has 9 nitrogen and oxygen atoms in total. The summed E-state index contributed by atoms with van der Waals surface area (Å²) in [6, 6.07) is 8.24. The molecular formula is C21H21N3O6. The summed E-state index contributed by atoms with van der Waals surface area (Å²) in [7, 11) is 1.52. The molecule has 0 aliphatic heterocycles. The van der Waals surface area contributed by atoms with Crippen LogP contribution in [0.2, 0.25) is 0 Å². The molecular weight excluding hydrogens is 390 g/mol. The molecule has 0 aliphatic carbocycles. The fourth-order valence-corrected chi connectivity index (χ4v) is 2.80. The summed E-state index contributed by atoms with van der Waals surface area (Å²) >= 11 is 0. The van der Waals surface area contributed by atoms with Gasteiger partial charge >= 0.3 is 12.1 Å². The highest BCUT2D eigenvalue weighted by molar-refractivity contribution is 6.09. The number of ether oxygens (including phenoxy) is 1. The molecule has 30 heavy (non-hydrogen) atoms. The van der Waals surface area contributed by atoms with Crippen molar-refractivity contribution in [1.82, 2.24) is 10.3 Å². The number of carbonyl (C=O) groups is 3. The number of carboxylic acids is 1. The molecule has 0 saturated heterocycles. The number of furan rings is 1. The fourth-order valence-electron chi connectivity index (χ4n) is 2.80. The van der Waals surface area contributed by atoms with E-state index in [1.165, 1.54) is 13.2 Å². The van der Waals surface area contributed by atoms with E-state index in [0.717, 1.165) is 0 Å². The van der Waals surface area contributed by atoms with Crippen molar-refractivity contribution in [2.24, 2.45) is 0 Å². The quantitative estimate of drug-likeness (QED) is 0.593. The molecule has 3 rings (SSSR count). The number of nitrogens with zero attached hydrogens (tertiary/aromatic N) is 1. The van der Waals surface area contributed by atoms with Crippen molar-refractivity contribution < 1.29 is 28.6 Å². The molecule has 0 radical (unpaired) electrons. The van der Waals surface area contributed by atoms with Crippen molar-refractivity contribution in [2.45, 2.75) is 26.4 Å². The molecule has 0 fully saturated rings. The predicted octanol–water partition coefficient (Wildman–Crippen LogP) is 3.90. The third kappa shape index (κ3) is 4.40. The average Bonchev–Trinajstić information content (AvgIpc) is 3.02. The number of aromatic carboxylic acids is 1. The lowest BCUT2D eigenvalue weighted by Gasteiger charge is -2.19. The molecule has 0 saturated carbocycles. The topological polar surface area (TPSA) is 131 Å². The molecule has 3 aromatic rings. The lowest BCUT2D eigenvalue weighted by molar-refractivity contribution is 0.0632. The number of hydrogen-bond acceptors (Lipinski definition) is 6. The van der Waals surface area contributed by atoms with E-state index < -0.39 is 17.7 Å². The lowest BCUT2D eigenvalue weighted by Crippen LogP contribution is -2.27. The molecule has 2 aromatic heterocycles. The minimum Gasteiger partial charge on any atom is -0.477 e. The summed E-state index contributed by atoms with van der Waals surface area (Å²) in [5.74, 6) is -1.76. The van der Waals surface area contributed by atoms with Crippen molar-refractivity contribution in [3.63, 3.8) is 0 Å². The van der Waals surface area contributed by atoms with Crippen LogP contribution in [0.3, 0.4) is 0 Å². The molecule has 0 atom stereocenters. The van der Waals surface area contributed by atoms with Crippen molar-refractivity contribution in [1.29, 1.82) is 0 Å². The predicted molar refractivity (Wildman–Crippen MR) is 110 cm³/mol. The van der Waals surface area contributed by atoms with Gasteiger partial charge in [-0.3, -0.25) is 15.1 Å². The number of benzene rings is 1. The number of fused-ring (bicyclic) bond motifs is 1. The van der Waals surface area contributed by atoms with Crippen LogP contribution in [0.25, 0.3) is 22.1 Å². The Bertz CT molecular complexity index is 1130. The monoisotopic (exact) mass is 411 g/mol. The van der Waals surface area contributed by atoms with Crippen molar-refractivity contribution in [3.05, 3.63) is 47.8 Å². The lowest BCUT2D eigenvalue weighted by atomic mass is 10.0. The smallest absolute Gasteiger partial charge is 0.414 e. The zero-order chi connectivity index (χ0) is 22.1. The van der Waals surface area contributed by atoms with Gasteiger partial charge in [-0.1, -0.05) is 12.1 Å². The average molecular weight is 411 g/mol. The first-order valence-electron chi connectivity index (χ1n) is 9.07. The summed E-state index contributed by atoms with van der Waals surface area (Å²) in [5.41, 5.74) is 1.03. The van der Waals surface area contributed by atoms with Gasteiger partial charge in [0.15, 0.2) is 0 Å². The number of pyridine rings is 1.